The Labute approximate surface area is 303 Å². The van der Waals surface area contributed by atoms with E-state index in [4.69, 9.17) is 0 Å². The minimum atomic E-state index is 0.525. The van der Waals surface area contributed by atoms with Crippen molar-refractivity contribution in [2.24, 2.45) is 76.4 Å². The van der Waals surface area contributed by atoms with E-state index in [0.29, 0.717) is 5.41 Å². The molecule has 9 aliphatic rings. The highest BCUT2D eigenvalue weighted by Gasteiger charge is 2.57. The number of likely N-dealkylation sites (tertiary alicyclic amines) is 2. The van der Waals surface area contributed by atoms with Crippen molar-refractivity contribution in [3.63, 3.8) is 0 Å². The van der Waals surface area contributed by atoms with E-state index < -0.39 is 0 Å². The molecule has 0 radical (unpaired) electrons. The van der Waals surface area contributed by atoms with Crippen molar-refractivity contribution in [1.29, 1.82) is 0 Å². The second-order valence-corrected chi connectivity index (χ2v) is 20.6. The van der Waals surface area contributed by atoms with Gasteiger partial charge in [-0.1, -0.05) is 77.7 Å². The Kier molecular flexibility index (Phi) is 9.76. The molecule has 16 atom stereocenters. The standard InChI is InChI=1S/C47H76N2/c1-5-48-43-13-9-7-11-37(43)39-27-31(21-25-45(39)48)15-17-33-19-23-35-36-24-20-34(30-42(36)47(3,4)41(35)29-33)18-16-32-22-26-46-40(28-32)38-12-8-10-14-44(38)49(46)6-2/h15-18,31-46H,5-14,19-30H2,1-4H3. The third kappa shape index (κ3) is 6.02. The topological polar surface area (TPSA) is 6.48 Å². The molecular formula is C47H76N2. The fourth-order valence-corrected chi connectivity index (χ4v) is 16.5. The van der Waals surface area contributed by atoms with Crippen LogP contribution < -0.4 is 0 Å². The SMILES string of the molecule is CCN1C2CCCCC2C2CC(C=CC3CCC4C5CCC(C=CC6CCC7C(C6)C6CCCCC6N7CC)CC5C(C)(C)C4C3)CCC21. The van der Waals surface area contributed by atoms with Crippen molar-refractivity contribution in [2.75, 3.05) is 13.1 Å². The molecule has 2 aliphatic heterocycles. The minimum Gasteiger partial charge on any atom is -0.297 e. The first-order valence-electron chi connectivity index (χ1n) is 22.8. The summed E-state index contributed by atoms with van der Waals surface area (Å²) in [5.74, 6) is 11.4. The maximum Gasteiger partial charge on any atom is 0.0130 e. The van der Waals surface area contributed by atoms with Gasteiger partial charge in [0, 0.05) is 24.2 Å². The normalized spacial score (nSPS) is 51.3. The van der Waals surface area contributed by atoms with Gasteiger partial charge in [-0.05, 0) is 192 Å². The zero-order valence-corrected chi connectivity index (χ0v) is 32.5. The Morgan fingerprint density at radius 3 is 1.20 bits per heavy atom. The predicted octanol–water partition coefficient (Wildman–Crippen LogP) is 11.6. The maximum absolute atomic E-state index is 2.98. The molecule has 2 nitrogen and oxygen atoms in total. The van der Waals surface area contributed by atoms with E-state index in [0.717, 1.165) is 95.2 Å². The molecule has 0 bridgehead atoms. The zero-order valence-electron chi connectivity index (χ0n) is 32.5. The zero-order chi connectivity index (χ0) is 33.3. The van der Waals surface area contributed by atoms with Gasteiger partial charge in [0.1, 0.15) is 0 Å². The lowest BCUT2D eigenvalue weighted by Crippen LogP contribution is -2.40. The van der Waals surface area contributed by atoms with E-state index in [1.807, 2.05) is 0 Å². The van der Waals surface area contributed by atoms with Crippen molar-refractivity contribution < 1.29 is 0 Å². The first-order valence-corrected chi connectivity index (χ1v) is 22.8. The molecule has 0 amide bonds. The van der Waals surface area contributed by atoms with E-state index in [-0.39, 0.29) is 0 Å². The molecule has 49 heavy (non-hydrogen) atoms. The Hall–Kier alpha value is -0.600. The molecule has 0 spiro atoms. The van der Waals surface area contributed by atoms with Crippen LogP contribution in [0.15, 0.2) is 24.3 Å². The summed E-state index contributed by atoms with van der Waals surface area (Å²) >= 11 is 0. The van der Waals surface area contributed by atoms with Gasteiger partial charge in [-0.2, -0.15) is 0 Å². The molecule has 2 heteroatoms. The monoisotopic (exact) mass is 669 g/mol. The van der Waals surface area contributed by atoms with Crippen LogP contribution in [0.2, 0.25) is 0 Å². The fourth-order valence-electron chi connectivity index (χ4n) is 16.5. The number of rotatable bonds is 6. The molecule has 7 saturated carbocycles. The van der Waals surface area contributed by atoms with Gasteiger partial charge in [0.2, 0.25) is 0 Å². The number of nitrogens with zero attached hydrogens (tertiary/aromatic N) is 2. The molecule has 0 aromatic rings. The van der Waals surface area contributed by atoms with Crippen LogP contribution in [0.5, 0.6) is 0 Å². The van der Waals surface area contributed by atoms with Crippen LogP contribution >= 0.6 is 0 Å². The van der Waals surface area contributed by atoms with Crippen LogP contribution in [-0.2, 0) is 0 Å². The lowest BCUT2D eigenvalue weighted by Gasteiger charge is -2.40. The third-order valence-corrected chi connectivity index (χ3v) is 18.6. The van der Waals surface area contributed by atoms with Gasteiger partial charge < -0.3 is 0 Å². The summed E-state index contributed by atoms with van der Waals surface area (Å²) in [5.41, 5.74) is 0.525. The highest BCUT2D eigenvalue weighted by atomic mass is 15.2. The predicted molar refractivity (Wildman–Crippen MR) is 206 cm³/mol. The smallest absolute Gasteiger partial charge is 0.0130 e. The van der Waals surface area contributed by atoms with Gasteiger partial charge in [0.15, 0.2) is 0 Å². The molecule has 2 saturated heterocycles. The average molecular weight is 669 g/mol. The highest BCUT2D eigenvalue weighted by molar-refractivity contribution is 5.12. The number of fused-ring (bicyclic) bond motifs is 9. The Morgan fingerprint density at radius 2 is 0.776 bits per heavy atom. The first kappa shape index (κ1) is 34.2. The lowest BCUT2D eigenvalue weighted by atomic mass is 9.65. The van der Waals surface area contributed by atoms with E-state index in [9.17, 15) is 0 Å². The van der Waals surface area contributed by atoms with Gasteiger partial charge in [0.05, 0.1) is 0 Å². The van der Waals surface area contributed by atoms with Crippen molar-refractivity contribution in [2.45, 2.75) is 180 Å². The third-order valence-electron chi connectivity index (χ3n) is 18.6. The van der Waals surface area contributed by atoms with E-state index in [1.54, 1.807) is 0 Å². The average Bonchev–Trinajstić information content (AvgIpc) is 3.71. The molecule has 2 heterocycles. The van der Waals surface area contributed by atoms with Gasteiger partial charge in [0.25, 0.3) is 0 Å². The first-order chi connectivity index (χ1) is 23.9. The van der Waals surface area contributed by atoms with E-state index >= 15 is 0 Å². The van der Waals surface area contributed by atoms with Crippen molar-refractivity contribution >= 4 is 0 Å². The van der Waals surface area contributed by atoms with Crippen LogP contribution in [0.25, 0.3) is 0 Å². The number of hydrogen-bond donors (Lipinski definition) is 0. The van der Waals surface area contributed by atoms with Gasteiger partial charge in [-0.25, -0.2) is 0 Å². The van der Waals surface area contributed by atoms with E-state index in [2.05, 4.69) is 61.8 Å². The van der Waals surface area contributed by atoms with Crippen LogP contribution in [0, 0.1) is 76.4 Å². The molecule has 9 fully saturated rings. The largest absolute Gasteiger partial charge is 0.297 e. The van der Waals surface area contributed by atoms with Crippen molar-refractivity contribution in [1.82, 2.24) is 9.80 Å². The molecular weight excluding hydrogens is 593 g/mol. The van der Waals surface area contributed by atoms with Crippen LogP contribution in [0.1, 0.15) is 156 Å². The molecule has 0 aromatic carbocycles. The molecule has 0 N–H and O–H groups in total. The molecule has 7 aliphatic carbocycles. The summed E-state index contributed by atoms with van der Waals surface area (Å²) in [6.45, 7) is 12.9. The second-order valence-electron chi connectivity index (χ2n) is 20.6. The summed E-state index contributed by atoms with van der Waals surface area (Å²) < 4.78 is 0. The quantitative estimate of drug-likeness (QED) is 0.260. The molecule has 274 valence electrons. The van der Waals surface area contributed by atoms with Gasteiger partial charge in [-0.15, -0.1) is 0 Å². The Morgan fingerprint density at radius 1 is 0.408 bits per heavy atom. The fraction of sp³-hybridized carbons (Fsp3) is 0.915. The summed E-state index contributed by atoms with van der Waals surface area (Å²) in [6, 6.07) is 3.69. The summed E-state index contributed by atoms with van der Waals surface area (Å²) in [4.78, 5) is 5.95. The van der Waals surface area contributed by atoms with Crippen molar-refractivity contribution in [3.05, 3.63) is 24.3 Å². The molecule has 16 unspecified atom stereocenters. The highest BCUT2D eigenvalue weighted by Crippen LogP contribution is 2.64. The maximum atomic E-state index is 2.98. The van der Waals surface area contributed by atoms with Crippen LogP contribution in [0.4, 0.5) is 0 Å². The van der Waals surface area contributed by atoms with Crippen LogP contribution in [0.3, 0.4) is 0 Å². The summed E-state index contributed by atoms with van der Waals surface area (Å²) in [6.07, 6.45) is 41.0. The van der Waals surface area contributed by atoms with Gasteiger partial charge >= 0.3 is 0 Å². The Bertz CT molecular complexity index is 1100. The van der Waals surface area contributed by atoms with E-state index in [1.165, 1.54) is 142 Å². The Balaban J connectivity index is 0.800. The van der Waals surface area contributed by atoms with Gasteiger partial charge in [-0.3, -0.25) is 9.80 Å². The molecule has 0 aromatic heterocycles. The number of allylic oxidation sites excluding steroid dienone is 4. The lowest BCUT2D eigenvalue weighted by molar-refractivity contribution is 0.104. The summed E-state index contributed by atoms with van der Waals surface area (Å²) in [5, 5.41) is 0. The minimum absolute atomic E-state index is 0.525. The van der Waals surface area contributed by atoms with Crippen molar-refractivity contribution in [3.8, 4) is 0 Å². The summed E-state index contributed by atoms with van der Waals surface area (Å²) in [7, 11) is 0. The molecule has 9 rings (SSSR count). The number of hydrogen-bond acceptors (Lipinski definition) is 2. The second kappa shape index (κ2) is 14.0. The van der Waals surface area contributed by atoms with Crippen LogP contribution in [-0.4, -0.2) is 47.1 Å².